The number of aryl methyl sites for hydroxylation is 1. The number of aromatic nitrogens is 1. The van der Waals surface area contributed by atoms with Crippen LogP contribution in [0.1, 0.15) is 32.4 Å². The van der Waals surface area contributed by atoms with Crippen molar-refractivity contribution < 1.29 is 9.53 Å². The SMILES string of the molecule is CCOC(=O)C(CC)CCc1cc2ccccc2[nH]1. The van der Waals surface area contributed by atoms with E-state index in [4.69, 9.17) is 4.74 Å². The summed E-state index contributed by atoms with van der Waals surface area (Å²) in [5, 5.41) is 1.22. The van der Waals surface area contributed by atoms with E-state index >= 15 is 0 Å². The van der Waals surface area contributed by atoms with Crippen molar-refractivity contribution in [2.75, 3.05) is 6.61 Å². The molecule has 1 aromatic heterocycles. The number of carbonyl (C=O) groups is 1. The average Bonchev–Trinajstić information content (AvgIpc) is 2.82. The maximum Gasteiger partial charge on any atom is 0.308 e. The highest BCUT2D eigenvalue weighted by atomic mass is 16.5. The second-order valence-corrected chi connectivity index (χ2v) is 4.78. The van der Waals surface area contributed by atoms with Gasteiger partial charge in [0.15, 0.2) is 0 Å². The van der Waals surface area contributed by atoms with Gasteiger partial charge in [0.2, 0.25) is 0 Å². The van der Waals surface area contributed by atoms with E-state index in [1.807, 2.05) is 26.0 Å². The predicted octanol–water partition coefficient (Wildman–Crippen LogP) is 3.69. The minimum atomic E-state index is -0.0684. The van der Waals surface area contributed by atoms with Gasteiger partial charge in [-0.1, -0.05) is 25.1 Å². The summed E-state index contributed by atoms with van der Waals surface area (Å²) in [6.45, 7) is 4.34. The molecule has 0 radical (unpaired) electrons. The lowest BCUT2D eigenvalue weighted by Crippen LogP contribution is -2.17. The number of rotatable bonds is 6. The summed E-state index contributed by atoms with van der Waals surface area (Å²) in [4.78, 5) is 15.1. The molecule has 2 rings (SSSR count). The maximum atomic E-state index is 11.7. The molecule has 0 saturated carbocycles. The van der Waals surface area contributed by atoms with Crippen LogP contribution in [-0.4, -0.2) is 17.6 Å². The molecule has 1 heterocycles. The fourth-order valence-electron chi connectivity index (χ4n) is 2.35. The Morgan fingerprint density at radius 3 is 2.79 bits per heavy atom. The number of para-hydroxylation sites is 1. The van der Waals surface area contributed by atoms with Gasteiger partial charge in [-0.15, -0.1) is 0 Å². The minimum Gasteiger partial charge on any atom is -0.466 e. The lowest BCUT2D eigenvalue weighted by atomic mass is 9.99. The van der Waals surface area contributed by atoms with Gasteiger partial charge in [-0.05, 0) is 43.7 Å². The third-order valence-corrected chi connectivity index (χ3v) is 3.46. The molecule has 0 bridgehead atoms. The summed E-state index contributed by atoms with van der Waals surface area (Å²) in [6, 6.07) is 10.4. The fraction of sp³-hybridized carbons (Fsp3) is 0.438. The number of carbonyl (C=O) groups excluding carboxylic acids is 1. The summed E-state index contributed by atoms with van der Waals surface area (Å²) >= 11 is 0. The second-order valence-electron chi connectivity index (χ2n) is 4.78. The highest BCUT2D eigenvalue weighted by Gasteiger charge is 2.17. The zero-order chi connectivity index (χ0) is 13.7. The zero-order valence-corrected chi connectivity index (χ0v) is 11.6. The Balaban J connectivity index is 1.98. The Bertz CT molecular complexity index is 511. The van der Waals surface area contributed by atoms with Crippen molar-refractivity contribution in [2.45, 2.75) is 33.1 Å². The van der Waals surface area contributed by atoms with Crippen molar-refractivity contribution in [3.63, 3.8) is 0 Å². The van der Waals surface area contributed by atoms with Gasteiger partial charge in [-0.25, -0.2) is 0 Å². The van der Waals surface area contributed by atoms with Gasteiger partial charge in [0.05, 0.1) is 12.5 Å². The van der Waals surface area contributed by atoms with Crippen molar-refractivity contribution in [3.05, 3.63) is 36.0 Å². The van der Waals surface area contributed by atoms with Crippen LogP contribution in [0.3, 0.4) is 0 Å². The molecule has 3 nitrogen and oxygen atoms in total. The van der Waals surface area contributed by atoms with E-state index in [9.17, 15) is 4.79 Å². The quantitative estimate of drug-likeness (QED) is 0.804. The molecule has 3 heteroatoms. The predicted molar refractivity (Wildman–Crippen MR) is 77.0 cm³/mol. The summed E-state index contributed by atoms with van der Waals surface area (Å²) in [5.41, 5.74) is 2.34. The van der Waals surface area contributed by atoms with E-state index in [2.05, 4.69) is 23.2 Å². The number of esters is 1. The Labute approximate surface area is 114 Å². The first-order valence-electron chi connectivity index (χ1n) is 6.97. The van der Waals surface area contributed by atoms with Crippen LogP contribution in [0.2, 0.25) is 0 Å². The third-order valence-electron chi connectivity index (χ3n) is 3.46. The first kappa shape index (κ1) is 13.7. The number of H-pyrrole nitrogens is 1. The molecule has 0 aliphatic rings. The van der Waals surface area contributed by atoms with Gasteiger partial charge in [0, 0.05) is 11.2 Å². The molecule has 1 N–H and O–H groups in total. The Hall–Kier alpha value is -1.77. The molecular formula is C16H21NO2. The first-order chi connectivity index (χ1) is 9.24. The summed E-state index contributed by atoms with van der Waals surface area (Å²) in [7, 11) is 0. The number of hydrogen-bond acceptors (Lipinski definition) is 2. The van der Waals surface area contributed by atoms with Crippen molar-refractivity contribution in [2.24, 2.45) is 5.92 Å². The molecule has 0 aliphatic heterocycles. The molecule has 102 valence electrons. The number of nitrogens with one attached hydrogen (secondary N) is 1. The van der Waals surface area contributed by atoms with E-state index in [0.29, 0.717) is 6.61 Å². The van der Waals surface area contributed by atoms with E-state index in [1.54, 1.807) is 0 Å². The number of benzene rings is 1. The smallest absolute Gasteiger partial charge is 0.308 e. The molecule has 0 spiro atoms. The topological polar surface area (TPSA) is 42.1 Å². The minimum absolute atomic E-state index is 0.00589. The van der Waals surface area contributed by atoms with Crippen LogP contribution in [-0.2, 0) is 16.0 Å². The highest BCUT2D eigenvalue weighted by Crippen LogP contribution is 2.19. The van der Waals surface area contributed by atoms with Crippen molar-refractivity contribution >= 4 is 16.9 Å². The van der Waals surface area contributed by atoms with E-state index < -0.39 is 0 Å². The molecule has 0 saturated heterocycles. The van der Waals surface area contributed by atoms with Gasteiger partial charge in [-0.2, -0.15) is 0 Å². The number of hydrogen-bond donors (Lipinski definition) is 1. The summed E-state index contributed by atoms with van der Waals surface area (Å²) in [6.07, 6.45) is 2.55. The molecule has 0 amide bonds. The largest absolute Gasteiger partial charge is 0.466 e. The van der Waals surface area contributed by atoms with Gasteiger partial charge >= 0.3 is 5.97 Å². The Morgan fingerprint density at radius 2 is 2.11 bits per heavy atom. The molecule has 19 heavy (non-hydrogen) atoms. The maximum absolute atomic E-state index is 11.7. The van der Waals surface area contributed by atoms with Gasteiger partial charge in [0.25, 0.3) is 0 Å². The van der Waals surface area contributed by atoms with E-state index in [-0.39, 0.29) is 11.9 Å². The molecule has 0 fully saturated rings. The van der Waals surface area contributed by atoms with Crippen LogP contribution in [0.25, 0.3) is 10.9 Å². The van der Waals surface area contributed by atoms with E-state index in [0.717, 1.165) is 24.8 Å². The molecule has 2 aromatic rings. The number of fused-ring (bicyclic) bond motifs is 1. The van der Waals surface area contributed by atoms with Crippen LogP contribution in [0.4, 0.5) is 0 Å². The van der Waals surface area contributed by atoms with Gasteiger partial charge < -0.3 is 9.72 Å². The zero-order valence-electron chi connectivity index (χ0n) is 11.6. The van der Waals surface area contributed by atoms with Crippen LogP contribution >= 0.6 is 0 Å². The number of aromatic amines is 1. The van der Waals surface area contributed by atoms with E-state index in [1.165, 1.54) is 11.1 Å². The average molecular weight is 259 g/mol. The Kier molecular flexibility index (Phi) is 4.61. The molecule has 1 atom stereocenters. The van der Waals surface area contributed by atoms with Crippen LogP contribution in [0, 0.1) is 5.92 Å². The second kappa shape index (κ2) is 6.41. The molecule has 0 aliphatic carbocycles. The standard InChI is InChI=1S/C16H21NO2/c1-3-12(16(18)19-4-2)9-10-14-11-13-7-5-6-8-15(13)17-14/h5-8,11-12,17H,3-4,9-10H2,1-2H3. The molecule has 1 unspecified atom stereocenters. The third kappa shape index (κ3) is 3.37. The molecular weight excluding hydrogens is 238 g/mol. The lowest BCUT2D eigenvalue weighted by Gasteiger charge is -2.12. The van der Waals surface area contributed by atoms with Crippen LogP contribution in [0.15, 0.2) is 30.3 Å². The highest BCUT2D eigenvalue weighted by molar-refractivity contribution is 5.80. The van der Waals surface area contributed by atoms with Crippen molar-refractivity contribution in [3.8, 4) is 0 Å². The fourth-order valence-corrected chi connectivity index (χ4v) is 2.35. The first-order valence-corrected chi connectivity index (χ1v) is 6.97. The summed E-state index contributed by atoms with van der Waals surface area (Å²) < 4.78 is 5.09. The van der Waals surface area contributed by atoms with Crippen molar-refractivity contribution in [1.29, 1.82) is 0 Å². The normalized spacial score (nSPS) is 12.5. The number of ether oxygens (including phenoxy) is 1. The summed E-state index contributed by atoms with van der Waals surface area (Å²) in [5.74, 6) is -0.0625. The van der Waals surface area contributed by atoms with Gasteiger partial charge in [0.1, 0.15) is 0 Å². The van der Waals surface area contributed by atoms with Crippen molar-refractivity contribution in [1.82, 2.24) is 4.98 Å². The lowest BCUT2D eigenvalue weighted by molar-refractivity contribution is -0.148. The van der Waals surface area contributed by atoms with Gasteiger partial charge in [-0.3, -0.25) is 4.79 Å². The Morgan fingerprint density at radius 1 is 1.32 bits per heavy atom. The van der Waals surface area contributed by atoms with Crippen LogP contribution < -0.4 is 0 Å². The van der Waals surface area contributed by atoms with Crippen LogP contribution in [0.5, 0.6) is 0 Å². The molecule has 1 aromatic carbocycles. The monoisotopic (exact) mass is 259 g/mol.